The van der Waals surface area contributed by atoms with Gasteiger partial charge in [-0.05, 0) is 30.4 Å². The van der Waals surface area contributed by atoms with Crippen molar-refractivity contribution in [2.24, 2.45) is 0 Å². The zero-order valence-electron chi connectivity index (χ0n) is 11.6. The summed E-state index contributed by atoms with van der Waals surface area (Å²) < 4.78 is 56.5. The van der Waals surface area contributed by atoms with Crippen LogP contribution in [-0.4, -0.2) is 30.3 Å². The molecule has 7 heteroatoms. The van der Waals surface area contributed by atoms with Gasteiger partial charge in [0.15, 0.2) is 6.29 Å². The fourth-order valence-corrected chi connectivity index (χ4v) is 2.10. The second-order valence-electron chi connectivity index (χ2n) is 4.74. The first-order chi connectivity index (χ1) is 9.68. The molecule has 0 saturated heterocycles. The zero-order valence-corrected chi connectivity index (χ0v) is 11.6. The molecule has 1 aromatic rings. The normalized spacial score (nSPS) is 16.1. The van der Waals surface area contributed by atoms with Crippen LogP contribution in [0.2, 0.25) is 0 Å². The van der Waals surface area contributed by atoms with Crippen LogP contribution >= 0.6 is 0 Å². The quantitative estimate of drug-likeness (QED) is 0.648. The lowest BCUT2D eigenvalue weighted by Crippen LogP contribution is -2.47. The molecule has 0 fully saturated rings. The fourth-order valence-electron chi connectivity index (χ4n) is 2.10. The van der Waals surface area contributed by atoms with Gasteiger partial charge in [0.1, 0.15) is 11.6 Å². The number of benzene rings is 1. The van der Waals surface area contributed by atoms with Gasteiger partial charge in [-0.25, -0.2) is 4.39 Å². The lowest BCUT2D eigenvalue weighted by Gasteiger charge is -2.29. The summed E-state index contributed by atoms with van der Waals surface area (Å²) in [6.45, 7) is 1.61. The summed E-state index contributed by atoms with van der Waals surface area (Å²) in [6, 6.07) is 3.43. The Kier molecular flexibility index (Phi) is 5.33. The number of halogens is 4. The van der Waals surface area contributed by atoms with E-state index in [1.165, 1.54) is 13.2 Å². The number of aldehydes is 1. The molecule has 0 aliphatic rings. The van der Waals surface area contributed by atoms with Crippen molar-refractivity contribution in [2.75, 3.05) is 7.11 Å². The Bertz CT molecular complexity index is 501. The van der Waals surface area contributed by atoms with Crippen LogP contribution in [0.1, 0.15) is 31.2 Å². The number of aliphatic hydroxyl groups is 1. The molecule has 2 unspecified atom stereocenters. The van der Waals surface area contributed by atoms with Crippen molar-refractivity contribution in [3.8, 4) is 5.75 Å². The van der Waals surface area contributed by atoms with Crippen molar-refractivity contribution >= 4 is 6.29 Å². The molecule has 3 nitrogen and oxygen atoms in total. The maximum atomic E-state index is 13.1. The molecular weight excluding hydrogens is 292 g/mol. The van der Waals surface area contributed by atoms with Crippen molar-refractivity contribution in [3.63, 3.8) is 0 Å². The van der Waals surface area contributed by atoms with Crippen molar-refractivity contribution < 1.29 is 32.2 Å². The van der Waals surface area contributed by atoms with Gasteiger partial charge < -0.3 is 9.84 Å². The molecule has 0 aliphatic heterocycles. The van der Waals surface area contributed by atoms with Gasteiger partial charge in [-0.2, -0.15) is 13.2 Å². The van der Waals surface area contributed by atoms with Gasteiger partial charge in [0, 0.05) is 6.07 Å². The van der Waals surface area contributed by atoms with E-state index in [-0.39, 0.29) is 12.2 Å². The number of ether oxygens (including phenoxy) is 1. The number of hydrogen-bond donors (Lipinski definition) is 1. The molecule has 0 radical (unpaired) electrons. The highest BCUT2D eigenvalue weighted by Gasteiger charge is 2.54. The minimum absolute atomic E-state index is 0.0808. The average Bonchev–Trinajstić information content (AvgIpc) is 2.43. The van der Waals surface area contributed by atoms with Crippen molar-refractivity contribution in [3.05, 3.63) is 29.6 Å². The number of carbonyl (C=O) groups excluding carboxylic acids is 1. The molecule has 0 saturated carbocycles. The molecular formula is C14H16F4O3. The first kappa shape index (κ1) is 17.4. The summed E-state index contributed by atoms with van der Waals surface area (Å²) in [5.41, 5.74) is -3.13. The maximum Gasteiger partial charge on any atom is 0.424 e. The topological polar surface area (TPSA) is 46.5 Å². The molecule has 1 aromatic carbocycles. The minimum Gasteiger partial charge on any atom is -0.496 e. The third-order valence-electron chi connectivity index (χ3n) is 3.37. The Labute approximate surface area is 119 Å². The van der Waals surface area contributed by atoms with E-state index >= 15 is 0 Å². The summed E-state index contributed by atoms with van der Waals surface area (Å²) in [5.74, 6) is -1.32. The Morgan fingerprint density at radius 2 is 2.00 bits per heavy atom. The second-order valence-corrected chi connectivity index (χ2v) is 4.74. The molecule has 1 N–H and O–H groups in total. The van der Waals surface area contributed by atoms with Crippen molar-refractivity contribution in [1.29, 1.82) is 0 Å². The number of carbonyl (C=O) groups is 1. The molecule has 1 rings (SSSR count). The van der Waals surface area contributed by atoms with Crippen LogP contribution in [0.5, 0.6) is 5.75 Å². The molecule has 0 amide bonds. The Balaban J connectivity index is 3.17. The second kappa shape index (κ2) is 6.43. The third kappa shape index (κ3) is 3.72. The number of methoxy groups -OCH3 is 1. The maximum absolute atomic E-state index is 13.1. The first-order valence-corrected chi connectivity index (χ1v) is 6.27. The van der Waals surface area contributed by atoms with Crippen LogP contribution in [0.25, 0.3) is 0 Å². The summed E-state index contributed by atoms with van der Waals surface area (Å²) in [6.07, 6.45) is -6.21. The van der Waals surface area contributed by atoms with Crippen LogP contribution in [0.4, 0.5) is 17.6 Å². The van der Waals surface area contributed by atoms with Gasteiger partial charge >= 0.3 is 6.18 Å². The summed E-state index contributed by atoms with van der Waals surface area (Å²) in [4.78, 5) is 10.7. The summed E-state index contributed by atoms with van der Waals surface area (Å²) in [7, 11) is 1.26. The SMILES string of the molecule is CCC(CC(O)(C=O)C(F)(F)F)c1ccc(F)cc1OC. The highest BCUT2D eigenvalue weighted by atomic mass is 19.4. The van der Waals surface area contributed by atoms with Crippen LogP contribution in [0.15, 0.2) is 18.2 Å². The first-order valence-electron chi connectivity index (χ1n) is 6.27. The molecule has 0 aromatic heterocycles. The van der Waals surface area contributed by atoms with Crippen LogP contribution in [0, 0.1) is 5.82 Å². The third-order valence-corrected chi connectivity index (χ3v) is 3.37. The van der Waals surface area contributed by atoms with Gasteiger partial charge in [-0.15, -0.1) is 0 Å². The van der Waals surface area contributed by atoms with Crippen LogP contribution in [-0.2, 0) is 4.79 Å². The standard InChI is InChI=1S/C14H16F4O3/c1-3-9(7-13(20,8-19)14(16,17)18)11-5-4-10(15)6-12(11)21-2/h4-6,8-9,20H,3,7H2,1-2H3. The molecule has 0 spiro atoms. The van der Waals surface area contributed by atoms with E-state index in [4.69, 9.17) is 4.74 Å². The van der Waals surface area contributed by atoms with E-state index in [1.807, 2.05) is 0 Å². The van der Waals surface area contributed by atoms with Gasteiger partial charge in [0.2, 0.25) is 5.60 Å². The highest BCUT2D eigenvalue weighted by molar-refractivity contribution is 5.64. The zero-order chi connectivity index (χ0) is 16.3. The highest BCUT2D eigenvalue weighted by Crippen LogP contribution is 2.40. The van der Waals surface area contributed by atoms with E-state index in [1.54, 1.807) is 6.92 Å². The predicted octanol–water partition coefficient (Wildman–Crippen LogP) is 3.21. The van der Waals surface area contributed by atoms with Crippen LogP contribution < -0.4 is 4.74 Å². The van der Waals surface area contributed by atoms with E-state index in [2.05, 4.69) is 0 Å². The van der Waals surface area contributed by atoms with Crippen molar-refractivity contribution in [1.82, 2.24) is 0 Å². The van der Waals surface area contributed by atoms with Crippen molar-refractivity contribution in [2.45, 2.75) is 37.5 Å². The monoisotopic (exact) mass is 308 g/mol. The van der Waals surface area contributed by atoms with E-state index in [0.717, 1.165) is 12.1 Å². The number of rotatable bonds is 6. The number of hydrogen-bond acceptors (Lipinski definition) is 3. The fraction of sp³-hybridized carbons (Fsp3) is 0.500. The Morgan fingerprint density at radius 1 is 1.38 bits per heavy atom. The minimum atomic E-state index is -5.07. The predicted molar refractivity (Wildman–Crippen MR) is 67.7 cm³/mol. The Hall–Kier alpha value is -1.63. The van der Waals surface area contributed by atoms with E-state index in [9.17, 15) is 27.5 Å². The van der Waals surface area contributed by atoms with E-state index in [0.29, 0.717) is 5.56 Å². The molecule has 118 valence electrons. The van der Waals surface area contributed by atoms with Gasteiger partial charge in [-0.1, -0.05) is 13.0 Å². The lowest BCUT2D eigenvalue weighted by molar-refractivity contribution is -0.247. The largest absolute Gasteiger partial charge is 0.496 e. The summed E-state index contributed by atoms with van der Waals surface area (Å²) in [5, 5.41) is 9.53. The van der Waals surface area contributed by atoms with Gasteiger partial charge in [0.25, 0.3) is 0 Å². The summed E-state index contributed by atoms with van der Waals surface area (Å²) >= 11 is 0. The molecule has 2 atom stereocenters. The Morgan fingerprint density at radius 3 is 2.43 bits per heavy atom. The lowest BCUT2D eigenvalue weighted by atomic mass is 9.84. The molecule has 21 heavy (non-hydrogen) atoms. The van der Waals surface area contributed by atoms with Gasteiger partial charge in [-0.3, -0.25) is 4.79 Å². The molecule has 0 aliphatic carbocycles. The average molecular weight is 308 g/mol. The smallest absolute Gasteiger partial charge is 0.424 e. The molecule has 0 bridgehead atoms. The van der Waals surface area contributed by atoms with Crippen LogP contribution in [0.3, 0.4) is 0 Å². The van der Waals surface area contributed by atoms with E-state index < -0.39 is 36.2 Å². The molecule has 0 heterocycles. The number of alkyl halides is 3. The van der Waals surface area contributed by atoms with Gasteiger partial charge in [0.05, 0.1) is 7.11 Å².